The second-order valence-corrected chi connectivity index (χ2v) is 11.5. The van der Waals surface area contributed by atoms with E-state index < -0.39 is 45.8 Å². The summed E-state index contributed by atoms with van der Waals surface area (Å²) in [7, 11) is -2.41. The first-order valence-corrected chi connectivity index (χ1v) is 13.0. The maximum Gasteiger partial charge on any atom is 0.244 e. The minimum absolute atomic E-state index is 0.0310. The number of methoxy groups -OCH3 is 1. The lowest BCUT2D eigenvalue weighted by atomic mass is 10.1. The van der Waals surface area contributed by atoms with Gasteiger partial charge in [0.05, 0.1) is 24.1 Å². The summed E-state index contributed by atoms with van der Waals surface area (Å²) in [5, 5.41) is 2.56. The van der Waals surface area contributed by atoms with Crippen molar-refractivity contribution in [2.75, 3.05) is 24.2 Å². The molecule has 0 heterocycles. The molecule has 35 heavy (non-hydrogen) atoms. The maximum absolute atomic E-state index is 13.6. The van der Waals surface area contributed by atoms with E-state index in [2.05, 4.69) is 5.32 Å². The van der Waals surface area contributed by atoms with E-state index in [1.165, 1.54) is 18.1 Å². The number of sulfonamides is 1. The van der Waals surface area contributed by atoms with Gasteiger partial charge < -0.3 is 15.0 Å². The summed E-state index contributed by atoms with van der Waals surface area (Å²) in [5.74, 6) is -1.11. The zero-order valence-corrected chi connectivity index (χ0v) is 22.2. The highest BCUT2D eigenvalue weighted by atomic mass is 35.5. The molecule has 2 rings (SSSR count). The van der Waals surface area contributed by atoms with Gasteiger partial charge in [-0.2, -0.15) is 0 Å². The molecule has 1 N–H and O–H groups in total. The van der Waals surface area contributed by atoms with Gasteiger partial charge in [0.2, 0.25) is 21.8 Å². The Morgan fingerprint density at radius 1 is 1.14 bits per heavy atom. The van der Waals surface area contributed by atoms with Crippen LogP contribution in [0, 0.1) is 5.82 Å². The molecule has 1 unspecified atom stereocenters. The van der Waals surface area contributed by atoms with Gasteiger partial charge in [-0.15, -0.1) is 0 Å². The largest absolute Gasteiger partial charge is 0.497 e. The van der Waals surface area contributed by atoms with E-state index in [-0.39, 0.29) is 17.3 Å². The molecular formula is C24H31ClFN3O5S. The van der Waals surface area contributed by atoms with Crippen molar-refractivity contribution in [1.82, 2.24) is 10.2 Å². The zero-order chi connectivity index (χ0) is 26.6. The van der Waals surface area contributed by atoms with E-state index in [9.17, 15) is 22.4 Å². The number of carbonyl (C=O) groups excluding carboxylic acids is 2. The molecule has 1 atom stereocenters. The Kier molecular flexibility index (Phi) is 9.13. The summed E-state index contributed by atoms with van der Waals surface area (Å²) in [6, 6.07) is 9.41. The van der Waals surface area contributed by atoms with Gasteiger partial charge in [-0.25, -0.2) is 12.8 Å². The van der Waals surface area contributed by atoms with Gasteiger partial charge in [-0.1, -0.05) is 23.7 Å². The Hall–Kier alpha value is -2.85. The van der Waals surface area contributed by atoms with Crippen LogP contribution in [0.1, 0.15) is 33.3 Å². The number of anilines is 1. The van der Waals surface area contributed by atoms with Crippen molar-refractivity contribution in [2.45, 2.75) is 45.8 Å². The van der Waals surface area contributed by atoms with Crippen LogP contribution in [0.25, 0.3) is 0 Å². The Morgan fingerprint density at radius 3 is 2.23 bits per heavy atom. The predicted octanol–water partition coefficient (Wildman–Crippen LogP) is 3.59. The van der Waals surface area contributed by atoms with Crippen LogP contribution in [0.5, 0.6) is 5.75 Å². The van der Waals surface area contributed by atoms with Crippen molar-refractivity contribution in [3.8, 4) is 5.75 Å². The van der Waals surface area contributed by atoms with Crippen LogP contribution < -0.4 is 14.4 Å². The minimum atomic E-state index is -3.95. The highest BCUT2D eigenvalue weighted by Gasteiger charge is 2.31. The summed E-state index contributed by atoms with van der Waals surface area (Å²) < 4.78 is 44.7. The van der Waals surface area contributed by atoms with Crippen LogP contribution in [-0.4, -0.2) is 56.6 Å². The quantitative estimate of drug-likeness (QED) is 0.537. The van der Waals surface area contributed by atoms with Gasteiger partial charge in [0.1, 0.15) is 24.2 Å². The Labute approximate surface area is 211 Å². The van der Waals surface area contributed by atoms with E-state index in [0.717, 1.165) is 22.7 Å². The Morgan fingerprint density at radius 2 is 1.74 bits per heavy atom. The standard InChI is InChI=1S/C24H31ClFN3O5S/c1-16(23(31)27-24(2,3)4)28(14-17-7-10-19(34-5)11-8-17)22(30)15-29(35(6,32)33)18-9-12-21(26)20(25)13-18/h7-13,16H,14-15H2,1-6H3,(H,27,31). The summed E-state index contributed by atoms with van der Waals surface area (Å²) in [6.07, 6.45) is 0.932. The molecule has 0 fully saturated rings. The number of ether oxygens (including phenoxy) is 1. The van der Waals surface area contributed by atoms with E-state index in [0.29, 0.717) is 11.3 Å². The van der Waals surface area contributed by atoms with Gasteiger partial charge in [0, 0.05) is 12.1 Å². The molecule has 11 heteroatoms. The first kappa shape index (κ1) is 28.4. The zero-order valence-electron chi connectivity index (χ0n) is 20.6. The molecule has 0 aliphatic rings. The minimum Gasteiger partial charge on any atom is -0.497 e. The van der Waals surface area contributed by atoms with Crippen molar-refractivity contribution >= 4 is 39.1 Å². The summed E-state index contributed by atoms with van der Waals surface area (Å²) in [5.41, 5.74) is 0.206. The molecule has 0 aliphatic carbocycles. The fraction of sp³-hybridized carbons (Fsp3) is 0.417. The number of halogens is 2. The molecule has 2 amide bonds. The molecule has 0 bridgehead atoms. The first-order valence-electron chi connectivity index (χ1n) is 10.8. The molecule has 0 spiro atoms. The van der Waals surface area contributed by atoms with Gasteiger partial charge in [-0.3, -0.25) is 13.9 Å². The first-order chi connectivity index (χ1) is 16.1. The van der Waals surface area contributed by atoms with Crippen LogP contribution in [0.2, 0.25) is 5.02 Å². The average Bonchev–Trinajstić information content (AvgIpc) is 2.75. The summed E-state index contributed by atoms with van der Waals surface area (Å²) in [4.78, 5) is 27.7. The fourth-order valence-corrected chi connectivity index (χ4v) is 4.25. The molecule has 192 valence electrons. The van der Waals surface area contributed by atoms with E-state index >= 15 is 0 Å². The Bertz CT molecular complexity index is 1170. The number of nitrogens with zero attached hydrogens (tertiary/aromatic N) is 2. The molecule has 2 aromatic rings. The third-order valence-corrected chi connectivity index (χ3v) is 6.48. The number of nitrogens with one attached hydrogen (secondary N) is 1. The molecular weight excluding hydrogens is 497 g/mol. The fourth-order valence-electron chi connectivity index (χ4n) is 3.24. The monoisotopic (exact) mass is 527 g/mol. The van der Waals surface area contributed by atoms with Crippen LogP contribution in [0.4, 0.5) is 10.1 Å². The van der Waals surface area contributed by atoms with Crippen LogP contribution in [0.3, 0.4) is 0 Å². The summed E-state index contributed by atoms with van der Waals surface area (Å²) in [6.45, 7) is 6.46. The van der Waals surface area contributed by atoms with Crippen molar-refractivity contribution < 1.29 is 27.1 Å². The molecule has 0 saturated heterocycles. The van der Waals surface area contributed by atoms with Gasteiger partial charge in [0.15, 0.2) is 0 Å². The van der Waals surface area contributed by atoms with Crippen molar-refractivity contribution in [3.63, 3.8) is 0 Å². The topological polar surface area (TPSA) is 96.0 Å². The number of hydrogen-bond donors (Lipinski definition) is 1. The van der Waals surface area contributed by atoms with E-state index in [4.69, 9.17) is 16.3 Å². The highest BCUT2D eigenvalue weighted by molar-refractivity contribution is 7.92. The lowest BCUT2D eigenvalue weighted by molar-refractivity contribution is -0.140. The molecule has 0 aliphatic heterocycles. The molecule has 8 nitrogen and oxygen atoms in total. The molecule has 2 aromatic carbocycles. The molecule has 0 aromatic heterocycles. The number of rotatable bonds is 9. The van der Waals surface area contributed by atoms with Crippen LogP contribution in [0.15, 0.2) is 42.5 Å². The smallest absolute Gasteiger partial charge is 0.244 e. The van der Waals surface area contributed by atoms with E-state index in [1.54, 1.807) is 31.2 Å². The predicted molar refractivity (Wildman–Crippen MR) is 135 cm³/mol. The van der Waals surface area contributed by atoms with Gasteiger partial charge >= 0.3 is 0 Å². The summed E-state index contributed by atoms with van der Waals surface area (Å²) >= 11 is 5.84. The normalized spacial score (nSPS) is 12.6. The second kappa shape index (κ2) is 11.3. The number of benzene rings is 2. The van der Waals surface area contributed by atoms with Crippen LogP contribution in [-0.2, 0) is 26.2 Å². The third-order valence-electron chi connectivity index (χ3n) is 5.05. The van der Waals surface area contributed by atoms with E-state index in [1.807, 2.05) is 20.8 Å². The number of hydrogen-bond acceptors (Lipinski definition) is 5. The van der Waals surface area contributed by atoms with Gasteiger partial charge in [0.25, 0.3) is 0 Å². The second-order valence-electron chi connectivity index (χ2n) is 9.15. The number of carbonyl (C=O) groups is 2. The third kappa shape index (κ3) is 8.10. The molecule has 0 radical (unpaired) electrons. The number of amides is 2. The van der Waals surface area contributed by atoms with Crippen molar-refractivity contribution in [3.05, 3.63) is 58.9 Å². The SMILES string of the molecule is COc1ccc(CN(C(=O)CN(c2ccc(F)c(Cl)c2)S(C)(=O)=O)C(C)C(=O)NC(C)(C)C)cc1. The Balaban J connectivity index is 2.42. The lowest BCUT2D eigenvalue weighted by Crippen LogP contribution is -2.54. The maximum atomic E-state index is 13.6. The van der Waals surface area contributed by atoms with Gasteiger partial charge in [-0.05, 0) is 63.6 Å². The lowest BCUT2D eigenvalue weighted by Gasteiger charge is -2.33. The van der Waals surface area contributed by atoms with Crippen LogP contribution >= 0.6 is 11.6 Å². The molecule has 0 saturated carbocycles. The van der Waals surface area contributed by atoms with Crippen molar-refractivity contribution in [2.24, 2.45) is 0 Å². The van der Waals surface area contributed by atoms with Crippen molar-refractivity contribution in [1.29, 1.82) is 0 Å². The average molecular weight is 528 g/mol. The highest BCUT2D eigenvalue weighted by Crippen LogP contribution is 2.25.